The van der Waals surface area contributed by atoms with Gasteiger partial charge in [-0.1, -0.05) is 87.5 Å². The summed E-state index contributed by atoms with van der Waals surface area (Å²) >= 11 is 0. The van der Waals surface area contributed by atoms with E-state index in [-0.39, 0.29) is 24.2 Å². The van der Waals surface area contributed by atoms with E-state index in [1.54, 1.807) is 6.08 Å². The summed E-state index contributed by atoms with van der Waals surface area (Å²) in [5, 5.41) is 26.4. The Morgan fingerprint density at radius 1 is 1.06 bits per heavy atom. The third-order valence-electron chi connectivity index (χ3n) is 6.33. The zero-order chi connectivity index (χ0) is 25.6. The number of carbonyl (C=O) groups is 1. The summed E-state index contributed by atoms with van der Waals surface area (Å²) in [5.74, 6) is -0.362. The predicted octanol–water partition coefficient (Wildman–Crippen LogP) is 1.72. The van der Waals surface area contributed by atoms with E-state index in [4.69, 9.17) is 13.9 Å². The second kappa shape index (κ2) is 11.6. The topological polar surface area (TPSA) is 97.2 Å². The van der Waals surface area contributed by atoms with Crippen LogP contribution in [-0.2, 0) is 18.7 Å². The van der Waals surface area contributed by atoms with Gasteiger partial charge in [-0.15, -0.1) is 6.58 Å². The Morgan fingerprint density at radius 3 is 2.06 bits per heavy atom. The Hall–Kier alpha value is -2.33. The Kier molecular flexibility index (Phi) is 9.03. The van der Waals surface area contributed by atoms with E-state index in [1.165, 1.54) is 6.92 Å². The molecule has 35 heavy (non-hydrogen) atoms. The van der Waals surface area contributed by atoms with E-state index >= 15 is 0 Å². The van der Waals surface area contributed by atoms with Gasteiger partial charge in [0.2, 0.25) is 5.91 Å². The summed E-state index contributed by atoms with van der Waals surface area (Å²) < 4.78 is 18.6. The molecule has 0 saturated carbocycles. The third kappa shape index (κ3) is 5.91. The van der Waals surface area contributed by atoms with Crippen molar-refractivity contribution in [3.8, 4) is 0 Å². The summed E-state index contributed by atoms with van der Waals surface area (Å²) in [7, 11) is -2.87. The molecule has 2 aromatic rings. The van der Waals surface area contributed by atoms with E-state index < -0.39 is 39.0 Å². The molecule has 3 rings (SSSR count). The van der Waals surface area contributed by atoms with E-state index in [0.717, 1.165) is 10.4 Å². The summed E-state index contributed by atoms with van der Waals surface area (Å²) in [4.78, 5) is 11.7. The van der Waals surface area contributed by atoms with Gasteiger partial charge in [0.25, 0.3) is 8.32 Å². The maximum absolute atomic E-state index is 11.7. The molecule has 1 fully saturated rings. The molecule has 0 unspecified atom stereocenters. The molecule has 1 aliphatic rings. The molecule has 3 N–H and O–H groups in total. The molecule has 5 atom stereocenters. The first-order chi connectivity index (χ1) is 16.6. The fourth-order valence-corrected chi connectivity index (χ4v) is 9.30. The van der Waals surface area contributed by atoms with Crippen LogP contribution in [-0.4, -0.2) is 68.3 Å². The molecule has 8 heteroatoms. The van der Waals surface area contributed by atoms with E-state index in [2.05, 4.69) is 56.9 Å². The van der Waals surface area contributed by atoms with Crippen LogP contribution < -0.4 is 15.7 Å². The van der Waals surface area contributed by atoms with Gasteiger partial charge < -0.3 is 29.4 Å². The normalized spacial score (nSPS) is 25.1. The highest BCUT2D eigenvalue weighted by molar-refractivity contribution is 6.99. The number of benzene rings is 2. The van der Waals surface area contributed by atoms with Crippen molar-refractivity contribution in [1.29, 1.82) is 0 Å². The minimum Gasteiger partial charge on any atom is -0.405 e. The van der Waals surface area contributed by atoms with Crippen LogP contribution in [0.4, 0.5) is 0 Å². The van der Waals surface area contributed by atoms with Crippen LogP contribution in [0.15, 0.2) is 73.3 Å². The van der Waals surface area contributed by atoms with Gasteiger partial charge >= 0.3 is 0 Å². The number of amides is 1. The number of aliphatic hydroxyl groups excluding tert-OH is 2. The van der Waals surface area contributed by atoms with Crippen molar-refractivity contribution in [2.45, 2.75) is 63.4 Å². The second-order valence-electron chi connectivity index (χ2n) is 9.85. The molecule has 1 heterocycles. The van der Waals surface area contributed by atoms with Gasteiger partial charge in [0.1, 0.15) is 24.4 Å². The van der Waals surface area contributed by atoms with Crippen LogP contribution in [0, 0.1) is 0 Å². The minimum atomic E-state index is -2.87. The maximum Gasteiger partial charge on any atom is 0.261 e. The monoisotopic (exact) mass is 499 g/mol. The van der Waals surface area contributed by atoms with Gasteiger partial charge in [0.15, 0.2) is 6.29 Å². The van der Waals surface area contributed by atoms with Crippen LogP contribution in [0.25, 0.3) is 0 Å². The van der Waals surface area contributed by atoms with Gasteiger partial charge in [-0.25, -0.2) is 0 Å². The van der Waals surface area contributed by atoms with Crippen LogP contribution in [0.5, 0.6) is 0 Å². The first-order valence-electron chi connectivity index (χ1n) is 11.9. The van der Waals surface area contributed by atoms with Crippen molar-refractivity contribution in [3.63, 3.8) is 0 Å². The van der Waals surface area contributed by atoms with Gasteiger partial charge in [-0.2, -0.15) is 0 Å². The molecule has 0 bridgehead atoms. The Balaban J connectivity index is 1.96. The van der Waals surface area contributed by atoms with Crippen LogP contribution in [0.2, 0.25) is 5.04 Å². The van der Waals surface area contributed by atoms with Crippen molar-refractivity contribution in [2.24, 2.45) is 0 Å². The van der Waals surface area contributed by atoms with Crippen molar-refractivity contribution in [3.05, 3.63) is 73.3 Å². The average Bonchev–Trinajstić information content (AvgIpc) is 2.83. The fourth-order valence-electron chi connectivity index (χ4n) is 4.73. The zero-order valence-corrected chi connectivity index (χ0v) is 21.9. The number of rotatable bonds is 9. The van der Waals surface area contributed by atoms with E-state index in [0.29, 0.717) is 0 Å². The van der Waals surface area contributed by atoms with Crippen LogP contribution in [0.1, 0.15) is 27.7 Å². The molecule has 0 aromatic heterocycles. The second-order valence-corrected chi connectivity index (χ2v) is 14.2. The number of hydrogen-bond acceptors (Lipinski definition) is 6. The Labute approximate surface area is 208 Å². The average molecular weight is 500 g/mol. The molecular weight excluding hydrogens is 462 g/mol. The number of carbonyl (C=O) groups excluding carboxylic acids is 1. The Bertz CT molecular complexity index is 925. The van der Waals surface area contributed by atoms with E-state index in [9.17, 15) is 15.0 Å². The van der Waals surface area contributed by atoms with Crippen LogP contribution >= 0.6 is 0 Å². The van der Waals surface area contributed by atoms with Crippen molar-refractivity contribution in [1.82, 2.24) is 5.32 Å². The molecule has 190 valence electrons. The molecular formula is C27H37NO6Si. The lowest BCUT2D eigenvalue weighted by Crippen LogP contribution is -2.69. The fraction of sp³-hybridized carbons (Fsp3) is 0.444. The van der Waals surface area contributed by atoms with Crippen molar-refractivity contribution < 1.29 is 28.9 Å². The molecule has 0 radical (unpaired) electrons. The number of ether oxygens (including phenoxy) is 2. The molecule has 1 aliphatic heterocycles. The highest BCUT2D eigenvalue weighted by Crippen LogP contribution is 2.37. The van der Waals surface area contributed by atoms with Gasteiger partial charge in [0.05, 0.1) is 13.2 Å². The van der Waals surface area contributed by atoms with Crippen molar-refractivity contribution >= 4 is 24.6 Å². The number of aliphatic hydroxyl groups is 2. The highest BCUT2D eigenvalue weighted by Gasteiger charge is 2.52. The molecule has 0 aliphatic carbocycles. The van der Waals surface area contributed by atoms with Crippen LogP contribution in [0.3, 0.4) is 0 Å². The standard InChI is InChI=1S/C27H37NO6Si/c1-6-17-32-26-23(28-19(2)29)25(31)24(30)22(34-26)18-33-35(27(3,4)5,20-13-9-7-10-14-20)21-15-11-8-12-16-21/h6-16,22-26,30-31H,1,17-18H2,2-5H3,(H,28,29)/t22-,23-,24-,25-,26-/m1/s1. The molecule has 1 saturated heterocycles. The first-order valence-corrected chi connectivity index (χ1v) is 13.8. The third-order valence-corrected chi connectivity index (χ3v) is 11.3. The lowest BCUT2D eigenvalue weighted by Gasteiger charge is -2.46. The number of hydrogen-bond donors (Lipinski definition) is 3. The molecule has 2 aromatic carbocycles. The highest BCUT2D eigenvalue weighted by atomic mass is 28.4. The lowest BCUT2D eigenvalue weighted by atomic mass is 9.97. The van der Waals surface area contributed by atoms with Gasteiger partial charge in [0, 0.05) is 6.92 Å². The van der Waals surface area contributed by atoms with Crippen molar-refractivity contribution in [2.75, 3.05) is 13.2 Å². The zero-order valence-electron chi connectivity index (χ0n) is 20.9. The molecule has 0 spiro atoms. The first kappa shape index (κ1) is 27.3. The molecule has 1 amide bonds. The summed E-state index contributed by atoms with van der Waals surface area (Å²) in [6, 6.07) is 19.4. The summed E-state index contributed by atoms with van der Waals surface area (Å²) in [6.45, 7) is 11.7. The minimum absolute atomic E-state index is 0.0340. The Morgan fingerprint density at radius 2 is 1.60 bits per heavy atom. The quantitative estimate of drug-likeness (QED) is 0.359. The largest absolute Gasteiger partial charge is 0.405 e. The summed E-state index contributed by atoms with van der Waals surface area (Å²) in [6.07, 6.45) is -2.86. The number of nitrogens with one attached hydrogen (secondary N) is 1. The van der Waals surface area contributed by atoms with E-state index in [1.807, 2.05) is 36.4 Å². The predicted molar refractivity (Wildman–Crippen MR) is 138 cm³/mol. The van der Waals surface area contributed by atoms with Gasteiger partial charge in [-0.3, -0.25) is 4.79 Å². The van der Waals surface area contributed by atoms with Gasteiger partial charge in [-0.05, 0) is 15.4 Å². The SMILES string of the molecule is C=CCO[C@@H]1O[C@H](CO[Si](c2ccccc2)(c2ccccc2)C(C)(C)C)[C@@H](O)[C@H](O)[C@H]1NC(C)=O. The maximum atomic E-state index is 11.7. The molecule has 7 nitrogen and oxygen atoms in total. The smallest absolute Gasteiger partial charge is 0.261 e. The summed E-state index contributed by atoms with van der Waals surface area (Å²) in [5.41, 5.74) is 0. The lowest BCUT2D eigenvalue weighted by molar-refractivity contribution is -0.266.